The molecule has 3 aromatic carbocycles. The van der Waals surface area contributed by atoms with Gasteiger partial charge in [0, 0.05) is 22.5 Å². The molecular formula is C22H16ClNO3S. The van der Waals surface area contributed by atoms with Crippen molar-refractivity contribution in [3.05, 3.63) is 100 Å². The first kappa shape index (κ1) is 18.5. The lowest BCUT2D eigenvalue weighted by molar-refractivity contribution is 0.104. The summed E-state index contributed by atoms with van der Waals surface area (Å²) < 4.78 is 26.4. The number of hydrogen-bond donors (Lipinski definition) is 0. The summed E-state index contributed by atoms with van der Waals surface area (Å²) in [6, 6.07) is 20.5. The molecule has 0 spiro atoms. The molecule has 0 bridgehead atoms. The number of fused-ring (bicyclic) bond motifs is 1. The van der Waals surface area contributed by atoms with Crippen LogP contribution in [0.15, 0.2) is 88.8 Å². The van der Waals surface area contributed by atoms with Gasteiger partial charge in [0.05, 0.1) is 10.6 Å². The van der Waals surface area contributed by atoms with Crippen LogP contribution in [-0.4, -0.2) is 14.2 Å². The van der Waals surface area contributed by atoms with Gasteiger partial charge in [0.15, 0.2) is 0 Å². The molecule has 0 fully saturated rings. The van der Waals surface area contributed by atoms with Gasteiger partial charge in [-0.2, -0.15) is 0 Å². The number of carbonyl (C=O) groups is 1. The van der Waals surface area contributed by atoms with Gasteiger partial charge in [-0.1, -0.05) is 41.4 Å². The van der Waals surface area contributed by atoms with Gasteiger partial charge >= 0.3 is 0 Å². The van der Waals surface area contributed by atoms with E-state index in [-0.39, 0.29) is 15.4 Å². The number of nitrogens with zero attached hydrogens (tertiary/aromatic N) is 1. The maximum atomic E-state index is 13.2. The van der Waals surface area contributed by atoms with Gasteiger partial charge in [-0.3, -0.25) is 4.79 Å². The minimum absolute atomic E-state index is 0.107. The number of aryl methyl sites for hydroxylation is 1. The molecule has 140 valence electrons. The maximum Gasteiger partial charge on any atom is 0.214 e. The van der Waals surface area contributed by atoms with Crippen LogP contribution in [0.3, 0.4) is 0 Å². The number of Topliss-reactive ketones (excluding diaryl/α,β-unsaturated/α-hetero) is 1. The quantitative estimate of drug-likeness (QED) is 0.551. The molecule has 1 heterocycles. The van der Waals surface area contributed by atoms with E-state index in [0.717, 1.165) is 11.3 Å². The average Bonchev–Trinajstić information content (AvgIpc) is 2.69. The molecule has 0 N–H and O–H groups in total. The van der Waals surface area contributed by atoms with Gasteiger partial charge < -0.3 is 4.90 Å². The third-order valence-electron chi connectivity index (χ3n) is 4.59. The van der Waals surface area contributed by atoms with Crippen LogP contribution in [0.2, 0.25) is 5.02 Å². The summed E-state index contributed by atoms with van der Waals surface area (Å²) in [6.07, 6.45) is 1.40. The number of benzene rings is 3. The summed E-state index contributed by atoms with van der Waals surface area (Å²) in [4.78, 5) is 14.6. The van der Waals surface area contributed by atoms with Crippen molar-refractivity contribution in [3.8, 4) is 0 Å². The van der Waals surface area contributed by atoms with Crippen LogP contribution in [0, 0.1) is 6.92 Å². The summed E-state index contributed by atoms with van der Waals surface area (Å²) in [5, 5.41) is 0.476. The predicted octanol–water partition coefficient (Wildman–Crippen LogP) is 5.30. The first-order valence-corrected chi connectivity index (χ1v) is 10.5. The summed E-state index contributed by atoms with van der Waals surface area (Å²) in [5.74, 6) is -0.566. The standard InChI is InChI=1S/C22H16ClNO3S/c1-15-6-12-18(13-7-15)24-14-21(22(25)16-8-10-17(23)11-9-16)28(26,27)20-5-3-2-4-19(20)24/h2-14H,1H3. The summed E-state index contributed by atoms with van der Waals surface area (Å²) in [6.45, 7) is 1.98. The molecule has 6 heteroatoms. The number of sulfone groups is 1. The smallest absolute Gasteiger partial charge is 0.214 e. The van der Waals surface area contributed by atoms with Crippen molar-refractivity contribution in [1.29, 1.82) is 0 Å². The van der Waals surface area contributed by atoms with Crippen LogP contribution in [0.25, 0.3) is 0 Å². The predicted molar refractivity (Wildman–Crippen MR) is 111 cm³/mol. The second-order valence-corrected chi connectivity index (χ2v) is 8.83. The lowest BCUT2D eigenvalue weighted by Crippen LogP contribution is -2.25. The molecule has 0 aliphatic carbocycles. The second-order valence-electron chi connectivity index (χ2n) is 6.51. The van der Waals surface area contributed by atoms with Crippen LogP contribution in [0.5, 0.6) is 0 Å². The van der Waals surface area contributed by atoms with Gasteiger partial charge in [-0.15, -0.1) is 0 Å². The fourth-order valence-corrected chi connectivity index (χ4v) is 4.77. The highest BCUT2D eigenvalue weighted by atomic mass is 35.5. The maximum absolute atomic E-state index is 13.2. The van der Waals surface area contributed by atoms with Crippen molar-refractivity contribution in [2.45, 2.75) is 11.8 Å². The van der Waals surface area contributed by atoms with Gasteiger partial charge in [0.1, 0.15) is 4.91 Å². The molecule has 4 nitrogen and oxygen atoms in total. The number of para-hydroxylation sites is 1. The van der Waals surface area contributed by atoms with E-state index in [1.54, 1.807) is 35.2 Å². The van der Waals surface area contributed by atoms with Gasteiger partial charge in [0.2, 0.25) is 15.6 Å². The van der Waals surface area contributed by atoms with Crippen LogP contribution in [-0.2, 0) is 9.84 Å². The lowest BCUT2D eigenvalue weighted by Gasteiger charge is -2.29. The number of ketones is 1. The van der Waals surface area contributed by atoms with E-state index in [1.165, 1.54) is 24.4 Å². The normalized spacial score (nSPS) is 14.9. The van der Waals surface area contributed by atoms with E-state index >= 15 is 0 Å². The van der Waals surface area contributed by atoms with Crippen LogP contribution in [0.4, 0.5) is 11.4 Å². The molecule has 1 aliphatic rings. The number of carbonyl (C=O) groups excluding carboxylic acids is 1. The van der Waals surface area contributed by atoms with Crippen molar-refractivity contribution >= 4 is 38.6 Å². The Morgan fingerprint density at radius 1 is 0.893 bits per heavy atom. The summed E-state index contributed by atoms with van der Waals surface area (Å²) >= 11 is 5.89. The van der Waals surface area contributed by atoms with E-state index in [0.29, 0.717) is 10.7 Å². The SMILES string of the molecule is Cc1ccc(N2C=C(C(=O)c3ccc(Cl)cc3)S(=O)(=O)c3ccccc32)cc1. The zero-order valence-corrected chi connectivity index (χ0v) is 16.5. The Morgan fingerprint density at radius 2 is 1.54 bits per heavy atom. The lowest BCUT2D eigenvalue weighted by atomic mass is 10.1. The average molecular weight is 410 g/mol. The molecule has 1 aliphatic heterocycles. The number of rotatable bonds is 3. The van der Waals surface area contributed by atoms with Gasteiger partial charge in [-0.05, 0) is 55.5 Å². The Hall–Kier alpha value is -2.89. The highest BCUT2D eigenvalue weighted by Gasteiger charge is 2.35. The van der Waals surface area contributed by atoms with Crippen LogP contribution < -0.4 is 4.90 Å². The summed E-state index contributed by atoms with van der Waals surface area (Å²) in [7, 11) is -3.95. The Kier molecular flexibility index (Phi) is 4.57. The monoisotopic (exact) mass is 409 g/mol. The van der Waals surface area contributed by atoms with E-state index in [2.05, 4.69) is 0 Å². The highest BCUT2D eigenvalue weighted by Crippen LogP contribution is 2.40. The molecule has 0 aromatic heterocycles. The first-order chi connectivity index (χ1) is 13.4. The zero-order chi connectivity index (χ0) is 19.9. The van der Waals surface area contributed by atoms with Crippen molar-refractivity contribution in [1.82, 2.24) is 0 Å². The largest absolute Gasteiger partial charge is 0.314 e. The third kappa shape index (κ3) is 3.13. The van der Waals surface area contributed by atoms with E-state index in [1.807, 2.05) is 31.2 Å². The molecular weight excluding hydrogens is 394 g/mol. The minimum Gasteiger partial charge on any atom is -0.314 e. The fourth-order valence-electron chi connectivity index (χ4n) is 3.10. The molecule has 0 radical (unpaired) electrons. The molecule has 0 amide bonds. The van der Waals surface area contributed by atoms with Crippen molar-refractivity contribution in [3.63, 3.8) is 0 Å². The number of allylic oxidation sites excluding steroid dienone is 1. The van der Waals surface area contributed by atoms with Crippen molar-refractivity contribution in [2.75, 3.05) is 4.90 Å². The molecule has 0 atom stereocenters. The number of halogens is 1. The van der Waals surface area contributed by atoms with Gasteiger partial charge in [0.25, 0.3) is 0 Å². The second kappa shape index (κ2) is 6.93. The Bertz CT molecular complexity index is 1200. The first-order valence-electron chi connectivity index (χ1n) is 8.60. The Morgan fingerprint density at radius 3 is 2.21 bits per heavy atom. The minimum atomic E-state index is -3.95. The molecule has 0 saturated heterocycles. The van der Waals surface area contributed by atoms with Crippen LogP contribution in [0.1, 0.15) is 15.9 Å². The number of anilines is 2. The highest BCUT2D eigenvalue weighted by molar-refractivity contribution is 7.96. The Labute approximate surface area is 168 Å². The summed E-state index contributed by atoms with van der Waals surface area (Å²) in [5.41, 5.74) is 2.64. The van der Waals surface area contributed by atoms with E-state index < -0.39 is 15.6 Å². The molecule has 28 heavy (non-hydrogen) atoms. The van der Waals surface area contributed by atoms with Crippen molar-refractivity contribution in [2.24, 2.45) is 0 Å². The molecule has 0 saturated carbocycles. The fraction of sp³-hybridized carbons (Fsp3) is 0.0455. The van der Waals surface area contributed by atoms with Gasteiger partial charge in [-0.25, -0.2) is 8.42 Å². The van der Waals surface area contributed by atoms with Crippen LogP contribution >= 0.6 is 11.6 Å². The zero-order valence-electron chi connectivity index (χ0n) is 15.0. The topological polar surface area (TPSA) is 54.5 Å². The number of hydrogen-bond acceptors (Lipinski definition) is 4. The van der Waals surface area contributed by atoms with Crippen molar-refractivity contribution < 1.29 is 13.2 Å². The van der Waals surface area contributed by atoms with E-state index in [9.17, 15) is 13.2 Å². The molecule has 0 unspecified atom stereocenters. The third-order valence-corrected chi connectivity index (χ3v) is 6.64. The van der Waals surface area contributed by atoms with E-state index in [4.69, 9.17) is 11.6 Å². The Balaban J connectivity index is 1.90. The molecule has 3 aromatic rings. The molecule has 4 rings (SSSR count).